The molecule has 2 aromatic carbocycles. The number of carbonyl (C=O) groups excluding carboxylic acids is 3. The van der Waals surface area contributed by atoms with Crippen molar-refractivity contribution in [2.24, 2.45) is 5.92 Å². The van der Waals surface area contributed by atoms with Gasteiger partial charge in [0.1, 0.15) is 6.04 Å². The highest BCUT2D eigenvalue weighted by Crippen LogP contribution is 2.33. The Hall–Kier alpha value is -3.55. The lowest BCUT2D eigenvalue weighted by molar-refractivity contribution is -0.154. The molecule has 176 valence electrons. The molecule has 0 saturated carbocycles. The Morgan fingerprint density at radius 3 is 2.24 bits per heavy atom. The van der Waals surface area contributed by atoms with Gasteiger partial charge in [0.05, 0.1) is 14.2 Å². The number of rotatable bonds is 8. The second kappa shape index (κ2) is 10.8. The van der Waals surface area contributed by atoms with E-state index in [1.165, 1.54) is 0 Å². The van der Waals surface area contributed by atoms with Gasteiger partial charge in [-0.2, -0.15) is 0 Å². The SMILES string of the molecule is COc1cc2c(cc1OC)CN(C(=O)COC(=O)[C@@H](NC(=O)c1ccccc1)C(C)C)CC2. The fourth-order valence-electron chi connectivity index (χ4n) is 3.72. The first-order valence-electron chi connectivity index (χ1n) is 10.9. The standard InChI is InChI=1S/C25H30N2O6/c1-16(2)23(26-24(29)17-8-6-5-7-9-17)25(30)33-15-22(28)27-11-10-18-12-20(31-3)21(32-4)13-19(18)14-27/h5-9,12-13,16,23H,10-11,14-15H2,1-4H3,(H,26,29)/t23-/m0/s1. The van der Waals surface area contributed by atoms with E-state index in [-0.39, 0.29) is 24.3 Å². The van der Waals surface area contributed by atoms with Crippen LogP contribution in [0.2, 0.25) is 0 Å². The quantitative estimate of drug-likeness (QED) is 0.616. The topological polar surface area (TPSA) is 94.2 Å². The third kappa shape index (κ3) is 5.83. The predicted octanol–water partition coefficient (Wildman–Crippen LogP) is 2.59. The Labute approximate surface area is 193 Å². The van der Waals surface area contributed by atoms with Gasteiger partial charge in [0, 0.05) is 18.7 Å². The maximum atomic E-state index is 12.7. The van der Waals surface area contributed by atoms with Crippen LogP contribution in [0.5, 0.6) is 11.5 Å². The third-order valence-electron chi connectivity index (χ3n) is 5.65. The van der Waals surface area contributed by atoms with Crippen LogP contribution in [0.4, 0.5) is 0 Å². The Balaban J connectivity index is 1.59. The monoisotopic (exact) mass is 454 g/mol. The van der Waals surface area contributed by atoms with Gasteiger partial charge in [0.2, 0.25) is 0 Å². The highest BCUT2D eigenvalue weighted by Gasteiger charge is 2.28. The summed E-state index contributed by atoms with van der Waals surface area (Å²) in [7, 11) is 3.15. The smallest absolute Gasteiger partial charge is 0.329 e. The minimum absolute atomic E-state index is 0.204. The lowest BCUT2D eigenvalue weighted by Crippen LogP contribution is -2.46. The van der Waals surface area contributed by atoms with E-state index in [4.69, 9.17) is 14.2 Å². The summed E-state index contributed by atoms with van der Waals surface area (Å²) in [6, 6.07) is 11.6. The molecule has 0 aromatic heterocycles. The van der Waals surface area contributed by atoms with Crippen LogP contribution in [-0.4, -0.2) is 56.1 Å². The summed E-state index contributed by atoms with van der Waals surface area (Å²) in [6.45, 7) is 4.14. The molecule has 0 radical (unpaired) electrons. The molecule has 0 saturated heterocycles. The molecule has 1 N–H and O–H groups in total. The van der Waals surface area contributed by atoms with Crippen molar-refractivity contribution in [1.29, 1.82) is 0 Å². The average Bonchev–Trinajstić information content (AvgIpc) is 2.84. The van der Waals surface area contributed by atoms with Crippen LogP contribution < -0.4 is 14.8 Å². The summed E-state index contributed by atoms with van der Waals surface area (Å²) in [5.74, 6) is -0.237. The van der Waals surface area contributed by atoms with Gasteiger partial charge in [-0.25, -0.2) is 4.79 Å². The Morgan fingerprint density at radius 2 is 1.64 bits per heavy atom. The van der Waals surface area contributed by atoms with Crippen LogP contribution in [0, 0.1) is 5.92 Å². The molecule has 8 heteroatoms. The van der Waals surface area contributed by atoms with Gasteiger partial charge >= 0.3 is 5.97 Å². The average molecular weight is 455 g/mol. The molecule has 33 heavy (non-hydrogen) atoms. The molecule has 0 spiro atoms. The molecular weight excluding hydrogens is 424 g/mol. The number of amides is 2. The number of nitrogens with zero attached hydrogens (tertiary/aromatic N) is 1. The second-order valence-electron chi connectivity index (χ2n) is 8.21. The van der Waals surface area contributed by atoms with Gasteiger partial charge in [0.25, 0.3) is 11.8 Å². The number of methoxy groups -OCH3 is 2. The van der Waals surface area contributed by atoms with Gasteiger partial charge in [0.15, 0.2) is 18.1 Å². The van der Waals surface area contributed by atoms with Gasteiger partial charge in [-0.3, -0.25) is 9.59 Å². The largest absolute Gasteiger partial charge is 0.493 e. The lowest BCUT2D eigenvalue weighted by Gasteiger charge is -2.30. The van der Waals surface area contributed by atoms with Crippen molar-refractivity contribution in [3.63, 3.8) is 0 Å². The van der Waals surface area contributed by atoms with E-state index in [0.29, 0.717) is 36.6 Å². The molecule has 2 aromatic rings. The molecule has 0 unspecified atom stereocenters. The molecule has 1 atom stereocenters. The van der Waals surface area contributed by atoms with Crippen LogP contribution in [0.3, 0.4) is 0 Å². The van der Waals surface area contributed by atoms with Crippen LogP contribution in [0.15, 0.2) is 42.5 Å². The van der Waals surface area contributed by atoms with Gasteiger partial charge in [-0.1, -0.05) is 32.0 Å². The Bertz CT molecular complexity index is 1010. The summed E-state index contributed by atoms with van der Waals surface area (Å²) in [4.78, 5) is 39.5. The Kier molecular flexibility index (Phi) is 7.92. The van der Waals surface area contributed by atoms with Crippen molar-refractivity contribution in [2.45, 2.75) is 32.9 Å². The zero-order valence-electron chi connectivity index (χ0n) is 19.4. The summed E-state index contributed by atoms with van der Waals surface area (Å²) < 4.78 is 16.0. The van der Waals surface area contributed by atoms with E-state index in [1.807, 2.05) is 32.0 Å². The third-order valence-corrected chi connectivity index (χ3v) is 5.65. The highest BCUT2D eigenvalue weighted by molar-refractivity contribution is 5.97. The van der Waals surface area contributed by atoms with Crippen molar-refractivity contribution in [1.82, 2.24) is 10.2 Å². The zero-order chi connectivity index (χ0) is 24.0. The molecule has 1 aliphatic rings. The number of hydrogen-bond acceptors (Lipinski definition) is 6. The molecule has 2 amide bonds. The summed E-state index contributed by atoms with van der Waals surface area (Å²) in [5.41, 5.74) is 2.51. The fraction of sp³-hybridized carbons (Fsp3) is 0.400. The van der Waals surface area contributed by atoms with Crippen LogP contribution >= 0.6 is 0 Å². The number of nitrogens with one attached hydrogen (secondary N) is 1. The van der Waals surface area contributed by atoms with Crippen molar-refractivity contribution >= 4 is 17.8 Å². The summed E-state index contributed by atoms with van der Waals surface area (Å²) >= 11 is 0. The first-order chi connectivity index (χ1) is 15.8. The van der Waals surface area contributed by atoms with Crippen molar-refractivity contribution < 1.29 is 28.6 Å². The minimum Gasteiger partial charge on any atom is -0.493 e. The van der Waals surface area contributed by atoms with E-state index in [2.05, 4.69) is 5.32 Å². The lowest BCUT2D eigenvalue weighted by atomic mass is 9.99. The van der Waals surface area contributed by atoms with Crippen molar-refractivity contribution in [2.75, 3.05) is 27.4 Å². The van der Waals surface area contributed by atoms with E-state index >= 15 is 0 Å². The van der Waals surface area contributed by atoms with Crippen LogP contribution in [-0.2, 0) is 27.3 Å². The van der Waals surface area contributed by atoms with Crippen molar-refractivity contribution in [3.8, 4) is 11.5 Å². The number of fused-ring (bicyclic) bond motifs is 1. The van der Waals surface area contributed by atoms with Crippen molar-refractivity contribution in [3.05, 3.63) is 59.2 Å². The molecule has 0 aliphatic carbocycles. The number of benzene rings is 2. The first-order valence-corrected chi connectivity index (χ1v) is 10.9. The zero-order valence-corrected chi connectivity index (χ0v) is 19.4. The molecule has 0 fully saturated rings. The predicted molar refractivity (Wildman–Crippen MR) is 122 cm³/mol. The van der Waals surface area contributed by atoms with E-state index in [1.54, 1.807) is 43.4 Å². The Morgan fingerprint density at radius 1 is 1.00 bits per heavy atom. The van der Waals surface area contributed by atoms with E-state index < -0.39 is 12.0 Å². The molecule has 1 aliphatic heterocycles. The minimum atomic E-state index is -0.857. The van der Waals surface area contributed by atoms with Gasteiger partial charge in [-0.05, 0) is 47.7 Å². The summed E-state index contributed by atoms with van der Waals surface area (Å²) in [6.07, 6.45) is 0.664. The second-order valence-corrected chi connectivity index (χ2v) is 8.21. The van der Waals surface area contributed by atoms with E-state index in [0.717, 1.165) is 11.1 Å². The van der Waals surface area contributed by atoms with Gasteiger partial charge in [-0.15, -0.1) is 0 Å². The van der Waals surface area contributed by atoms with E-state index in [9.17, 15) is 14.4 Å². The maximum absolute atomic E-state index is 12.7. The molecule has 0 bridgehead atoms. The molecule has 1 heterocycles. The number of carbonyl (C=O) groups is 3. The number of hydrogen-bond donors (Lipinski definition) is 1. The van der Waals surface area contributed by atoms with Gasteiger partial charge < -0.3 is 24.4 Å². The van der Waals surface area contributed by atoms with Crippen LogP contribution in [0.1, 0.15) is 35.3 Å². The molecular formula is C25H30N2O6. The highest BCUT2D eigenvalue weighted by atomic mass is 16.5. The number of esters is 1. The molecule has 8 nitrogen and oxygen atoms in total. The normalized spacial score (nSPS) is 13.7. The van der Waals surface area contributed by atoms with Crippen LogP contribution in [0.25, 0.3) is 0 Å². The molecule has 3 rings (SSSR count). The summed E-state index contributed by atoms with van der Waals surface area (Å²) in [5, 5.41) is 2.71. The maximum Gasteiger partial charge on any atom is 0.329 e. The fourth-order valence-corrected chi connectivity index (χ4v) is 3.72. The number of ether oxygens (including phenoxy) is 3. The first kappa shape index (κ1) is 24.1.